The maximum absolute atomic E-state index is 14.4. The van der Waals surface area contributed by atoms with Crippen LogP contribution in [0.25, 0.3) is 11.4 Å². The number of imidazole rings is 1. The van der Waals surface area contributed by atoms with Crippen LogP contribution in [0.1, 0.15) is 53.0 Å². The van der Waals surface area contributed by atoms with Gasteiger partial charge < -0.3 is 14.6 Å². The maximum atomic E-state index is 14.4. The Balaban J connectivity index is 1.71. The van der Waals surface area contributed by atoms with Crippen LogP contribution in [0.3, 0.4) is 0 Å². The number of fused-ring (bicyclic) bond motifs is 4. The number of halogens is 5. The summed E-state index contributed by atoms with van der Waals surface area (Å²) in [5.74, 6) is -1.23. The zero-order valence-electron chi connectivity index (χ0n) is 22.5. The molecular weight excluding hydrogens is 596 g/mol. The van der Waals surface area contributed by atoms with Gasteiger partial charge in [-0.2, -0.15) is 13.2 Å². The van der Waals surface area contributed by atoms with Crippen molar-refractivity contribution in [1.82, 2.24) is 19.5 Å². The van der Waals surface area contributed by atoms with Crippen molar-refractivity contribution in [2.24, 2.45) is 0 Å². The van der Waals surface area contributed by atoms with Crippen molar-refractivity contribution in [3.05, 3.63) is 81.1 Å². The molecule has 2 aliphatic heterocycles. The summed E-state index contributed by atoms with van der Waals surface area (Å²) in [6.07, 6.45) is -2.28. The lowest BCUT2D eigenvalue weighted by atomic mass is 9.87. The predicted octanol–water partition coefficient (Wildman–Crippen LogP) is 6.42. The molecule has 2 amide bonds. The van der Waals surface area contributed by atoms with Crippen molar-refractivity contribution < 1.29 is 27.5 Å². The van der Waals surface area contributed by atoms with Crippen LogP contribution in [0.4, 0.5) is 24.5 Å². The molecule has 2 aliphatic rings. The second-order valence-electron chi connectivity index (χ2n) is 10.1. The number of anilines is 2. The minimum Gasteiger partial charge on any atom is -0.496 e. The second kappa shape index (κ2) is 9.43. The SMILES string of the molecule is COc1cc(C(F)(F)F)ncc1-c1nc2c(n1C(C)C)[C@@]1(C(=O)Nc3cc(Cl)ccc31)N(c1cc(Cl)cnc1C)C2=O. The normalized spacial score (nSPS) is 17.7. The highest BCUT2D eigenvalue weighted by molar-refractivity contribution is 6.32. The Morgan fingerprint density at radius 1 is 1.05 bits per heavy atom. The van der Waals surface area contributed by atoms with E-state index in [1.54, 1.807) is 49.6 Å². The fourth-order valence-corrected chi connectivity index (χ4v) is 5.98. The van der Waals surface area contributed by atoms with Crippen LogP contribution >= 0.6 is 23.2 Å². The number of hydrogen-bond donors (Lipinski definition) is 1. The molecular formula is C28H21Cl2F3N6O3. The minimum atomic E-state index is -4.71. The number of aromatic nitrogens is 4. The Bertz CT molecular complexity index is 1820. The Labute approximate surface area is 247 Å². The lowest BCUT2D eigenvalue weighted by Crippen LogP contribution is -2.51. The van der Waals surface area contributed by atoms with Crippen molar-refractivity contribution in [3.8, 4) is 17.1 Å². The van der Waals surface area contributed by atoms with Crippen LogP contribution in [-0.2, 0) is 16.5 Å². The first-order valence-corrected chi connectivity index (χ1v) is 13.4. The summed E-state index contributed by atoms with van der Waals surface area (Å²) >= 11 is 12.6. The first-order chi connectivity index (χ1) is 19.8. The van der Waals surface area contributed by atoms with Crippen LogP contribution < -0.4 is 15.0 Å². The summed E-state index contributed by atoms with van der Waals surface area (Å²) < 4.78 is 47.3. The molecule has 0 radical (unpaired) electrons. The summed E-state index contributed by atoms with van der Waals surface area (Å²) in [6, 6.07) is 6.70. The lowest BCUT2D eigenvalue weighted by molar-refractivity contribution is -0.141. The van der Waals surface area contributed by atoms with E-state index in [-0.39, 0.29) is 39.2 Å². The van der Waals surface area contributed by atoms with Crippen molar-refractivity contribution in [3.63, 3.8) is 0 Å². The standard InChI is InChI=1S/C28H21Cl2F3N6O3/c1-12(2)38-23-22(37-24(38)16-11-35-21(28(31,32)33)9-20(16)42-4)25(40)39(19-8-15(30)10-34-13(19)3)27(23)17-6-5-14(29)7-18(17)36-26(27)41/h5-12H,1-4H3,(H,36,41)/t27-/m0/s1. The molecule has 1 aromatic carbocycles. The van der Waals surface area contributed by atoms with E-state index < -0.39 is 35.3 Å². The van der Waals surface area contributed by atoms with E-state index in [0.717, 1.165) is 12.3 Å². The van der Waals surface area contributed by atoms with Crippen LogP contribution in [0.2, 0.25) is 10.0 Å². The number of carbonyl (C=O) groups excluding carboxylic acids is 2. The number of hydrogen-bond acceptors (Lipinski definition) is 6. The van der Waals surface area contributed by atoms with Crippen molar-refractivity contribution >= 4 is 46.4 Å². The number of ether oxygens (including phenoxy) is 1. The fourth-order valence-electron chi connectivity index (χ4n) is 5.65. The molecule has 6 rings (SSSR count). The molecule has 1 N–H and O–H groups in total. The van der Waals surface area contributed by atoms with Crippen LogP contribution in [0.15, 0.2) is 42.7 Å². The Morgan fingerprint density at radius 3 is 2.45 bits per heavy atom. The highest BCUT2D eigenvalue weighted by Crippen LogP contribution is 2.55. The number of nitrogens with zero attached hydrogens (tertiary/aromatic N) is 5. The van der Waals surface area contributed by atoms with Gasteiger partial charge >= 0.3 is 6.18 Å². The lowest BCUT2D eigenvalue weighted by Gasteiger charge is -2.36. The first kappa shape index (κ1) is 28.0. The van der Waals surface area contributed by atoms with Gasteiger partial charge in [-0.3, -0.25) is 24.5 Å². The molecule has 1 atom stereocenters. The molecule has 3 aromatic heterocycles. The molecule has 14 heteroatoms. The third-order valence-corrected chi connectivity index (χ3v) is 7.79. The molecule has 1 spiro atoms. The van der Waals surface area contributed by atoms with Gasteiger partial charge in [0.25, 0.3) is 11.8 Å². The van der Waals surface area contributed by atoms with Gasteiger partial charge in [-0.1, -0.05) is 29.3 Å². The average Bonchev–Trinajstić information content (AvgIpc) is 3.53. The number of carbonyl (C=O) groups is 2. The smallest absolute Gasteiger partial charge is 0.433 e. The molecule has 9 nitrogen and oxygen atoms in total. The van der Waals surface area contributed by atoms with E-state index in [1.165, 1.54) is 18.2 Å². The Kier molecular flexibility index (Phi) is 6.28. The monoisotopic (exact) mass is 616 g/mol. The Morgan fingerprint density at radius 2 is 1.79 bits per heavy atom. The van der Waals surface area contributed by atoms with Gasteiger partial charge in [0.15, 0.2) is 11.2 Å². The van der Waals surface area contributed by atoms with Gasteiger partial charge in [0.1, 0.15) is 17.3 Å². The number of benzene rings is 1. The van der Waals surface area contributed by atoms with Crippen molar-refractivity contribution in [2.75, 3.05) is 17.3 Å². The van der Waals surface area contributed by atoms with Crippen molar-refractivity contribution in [2.45, 2.75) is 38.5 Å². The number of pyridine rings is 2. The number of methoxy groups -OCH3 is 1. The summed E-state index contributed by atoms with van der Waals surface area (Å²) in [4.78, 5) is 42.5. The van der Waals surface area contributed by atoms with E-state index in [1.807, 2.05) is 0 Å². The molecule has 4 aromatic rings. The number of rotatable bonds is 4. The molecule has 216 valence electrons. The molecule has 0 saturated heterocycles. The quantitative estimate of drug-likeness (QED) is 0.284. The Hall–Kier alpha value is -4.16. The fraction of sp³-hybridized carbons (Fsp3) is 0.250. The molecule has 42 heavy (non-hydrogen) atoms. The van der Waals surface area contributed by atoms with Gasteiger partial charge in [0.05, 0.1) is 34.8 Å². The van der Waals surface area contributed by atoms with Crippen LogP contribution in [0, 0.1) is 6.92 Å². The van der Waals surface area contributed by atoms with E-state index in [0.29, 0.717) is 22.0 Å². The van der Waals surface area contributed by atoms with E-state index in [9.17, 15) is 22.8 Å². The molecule has 5 heterocycles. The predicted molar refractivity (Wildman–Crippen MR) is 149 cm³/mol. The van der Waals surface area contributed by atoms with Gasteiger partial charge in [-0.25, -0.2) is 4.98 Å². The highest BCUT2D eigenvalue weighted by Gasteiger charge is 2.64. The van der Waals surface area contributed by atoms with Crippen LogP contribution in [0.5, 0.6) is 5.75 Å². The zero-order chi connectivity index (χ0) is 30.3. The molecule has 0 bridgehead atoms. The van der Waals surface area contributed by atoms with E-state index in [2.05, 4.69) is 20.3 Å². The van der Waals surface area contributed by atoms with Gasteiger partial charge in [0, 0.05) is 40.8 Å². The van der Waals surface area contributed by atoms with Crippen molar-refractivity contribution in [1.29, 1.82) is 0 Å². The molecule has 0 unspecified atom stereocenters. The summed E-state index contributed by atoms with van der Waals surface area (Å²) in [5.41, 5.74) is -1.15. The topological polar surface area (TPSA) is 102 Å². The van der Waals surface area contributed by atoms with Crippen LogP contribution in [-0.4, -0.2) is 38.4 Å². The van der Waals surface area contributed by atoms with E-state index in [4.69, 9.17) is 27.9 Å². The number of amides is 2. The third kappa shape index (κ3) is 3.81. The van der Waals surface area contributed by atoms with Gasteiger partial charge in [-0.15, -0.1) is 0 Å². The highest BCUT2D eigenvalue weighted by atomic mass is 35.5. The van der Waals surface area contributed by atoms with Gasteiger partial charge in [-0.05, 0) is 39.0 Å². The summed E-state index contributed by atoms with van der Waals surface area (Å²) in [5, 5.41) is 3.46. The van der Waals surface area contributed by atoms with Gasteiger partial charge in [0.2, 0.25) is 0 Å². The average molecular weight is 617 g/mol. The van der Waals surface area contributed by atoms with E-state index >= 15 is 0 Å². The zero-order valence-corrected chi connectivity index (χ0v) is 24.0. The number of nitrogens with one attached hydrogen (secondary N) is 1. The summed E-state index contributed by atoms with van der Waals surface area (Å²) in [6.45, 7) is 5.29. The maximum Gasteiger partial charge on any atom is 0.433 e. The third-order valence-electron chi connectivity index (χ3n) is 7.34. The minimum absolute atomic E-state index is 0.0713. The molecule has 0 fully saturated rings. The first-order valence-electron chi connectivity index (χ1n) is 12.6. The second-order valence-corrected chi connectivity index (χ2v) is 11.0. The number of alkyl halides is 3. The molecule has 0 saturated carbocycles. The largest absolute Gasteiger partial charge is 0.496 e. The molecule has 0 aliphatic carbocycles. The number of aryl methyl sites for hydroxylation is 1. The summed E-state index contributed by atoms with van der Waals surface area (Å²) in [7, 11) is 1.23.